The first-order chi connectivity index (χ1) is 11.5. The number of carbonyl (C=O) groups excluding carboxylic acids is 1. The number of benzene rings is 2. The van der Waals surface area contributed by atoms with Crippen LogP contribution < -0.4 is 5.32 Å². The molecule has 3 aromatic rings. The second-order valence-electron chi connectivity index (χ2n) is 5.47. The van der Waals surface area contributed by atoms with Crippen molar-refractivity contribution >= 4 is 27.7 Å². The number of nitrogens with one attached hydrogen (secondary N) is 1. The fraction of sp³-hybridized carbons (Fsp3) is 0.111. The number of carbonyl (C=O) groups is 1. The Morgan fingerprint density at radius 3 is 2.50 bits per heavy atom. The van der Waals surface area contributed by atoms with E-state index in [1.54, 1.807) is 10.9 Å². The first-order valence-corrected chi connectivity index (χ1v) is 8.16. The van der Waals surface area contributed by atoms with E-state index in [1.807, 2.05) is 31.2 Å². The topological polar surface area (TPSA) is 46.9 Å². The monoisotopic (exact) mass is 387 g/mol. The second-order valence-corrected chi connectivity index (χ2v) is 6.32. The summed E-state index contributed by atoms with van der Waals surface area (Å²) in [5.41, 5.74) is 2.69. The number of hydrogen-bond acceptors (Lipinski definition) is 2. The molecule has 0 saturated carbocycles. The fourth-order valence-corrected chi connectivity index (χ4v) is 2.64. The molecular weight excluding hydrogens is 373 g/mol. The number of anilines is 1. The molecule has 1 amide bonds. The van der Waals surface area contributed by atoms with Crippen molar-refractivity contribution in [2.24, 2.45) is 0 Å². The van der Waals surface area contributed by atoms with Crippen molar-refractivity contribution < 1.29 is 9.18 Å². The van der Waals surface area contributed by atoms with Crippen LogP contribution in [0.1, 0.15) is 21.5 Å². The van der Waals surface area contributed by atoms with Crippen molar-refractivity contribution in [1.82, 2.24) is 9.78 Å². The van der Waals surface area contributed by atoms with E-state index in [0.29, 0.717) is 22.4 Å². The molecule has 0 aliphatic heterocycles. The Kier molecular flexibility index (Phi) is 4.76. The number of amides is 1. The summed E-state index contributed by atoms with van der Waals surface area (Å²) in [5.74, 6) is -0.289. The molecule has 24 heavy (non-hydrogen) atoms. The van der Waals surface area contributed by atoms with Crippen LogP contribution in [0.4, 0.5) is 10.2 Å². The molecule has 2 aromatic carbocycles. The van der Waals surface area contributed by atoms with E-state index in [0.717, 1.165) is 5.56 Å². The average Bonchev–Trinajstić information content (AvgIpc) is 2.89. The Hall–Kier alpha value is -2.47. The summed E-state index contributed by atoms with van der Waals surface area (Å²) in [7, 11) is 0. The lowest BCUT2D eigenvalue weighted by Gasteiger charge is -2.04. The normalized spacial score (nSPS) is 10.6. The molecule has 3 rings (SSSR count). The molecule has 0 spiro atoms. The minimum atomic E-state index is -0.380. The van der Waals surface area contributed by atoms with Crippen LogP contribution in [0, 0.1) is 12.7 Å². The first-order valence-electron chi connectivity index (χ1n) is 7.37. The molecule has 0 saturated heterocycles. The van der Waals surface area contributed by atoms with Gasteiger partial charge in [-0.15, -0.1) is 0 Å². The van der Waals surface area contributed by atoms with Crippen LogP contribution in [-0.2, 0) is 6.54 Å². The van der Waals surface area contributed by atoms with E-state index in [4.69, 9.17) is 0 Å². The van der Waals surface area contributed by atoms with E-state index in [-0.39, 0.29) is 11.7 Å². The first kappa shape index (κ1) is 16.4. The lowest BCUT2D eigenvalue weighted by molar-refractivity contribution is 0.102. The van der Waals surface area contributed by atoms with Crippen molar-refractivity contribution in [2.45, 2.75) is 13.5 Å². The van der Waals surface area contributed by atoms with Crippen LogP contribution in [0.15, 0.2) is 59.2 Å². The van der Waals surface area contributed by atoms with Gasteiger partial charge in [-0.1, -0.05) is 29.8 Å². The minimum absolute atomic E-state index is 0.337. The quantitative estimate of drug-likeness (QED) is 0.721. The summed E-state index contributed by atoms with van der Waals surface area (Å²) in [6.45, 7) is 2.64. The largest absolute Gasteiger partial charge is 0.304 e. The predicted octanol–water partition coefficient (Wildman–Crippen LogP) is 4.39. The van der Waals surface area contributed by atoms with Crippen LogP contribution in [0.2, 0.25) is 0 Å². The van der Waals surface area contributed by atoms with Gasteiger partial charge in [0.15, 0.2) is 5.82 Å². The van der Waals surface area contributed by atoms with E-state index in [9.17, 15) is 9.18 Å². The van der Waals surface area contributed by atoms with Gasteiger partial charge < -0.3 is 5.32 Å². The van der Waals surface area contributed by atoms with Crippen LogP contribution in [0.5, 0.6) is 0 Å². The zero-order valence-corrected chi connectivity index (χ0v) is 14.5. The summed E-state index contributed by atoms with van der Waals surface area (Å²) < 4.78 is 15.4. The SMILES string of the molecule is Cc1ccc(Cn2cc(Br)c(NC(=O)c3ccc(F)cc3)n2)cc1. The lowest BCUT2D eigenvalue weighted by atomic mass is 10.1. The van der Waals surface area contributed by atoms with Gasteiger partial charge in [-0.3, -0.25) is 9.48 Å². The standard InChI is InChI=1S/C18H15BrFN3O/c1-12-2-4-13(5-3-12)10-23-11-16(19)17(22-23)21-18(24)14-6-8-15(20)9-7-14/h2-9,11H,10H2,1H3,(H,21,22,24). The smallest absolute Gasteiger partial charge is 0.256 e. The molecule has 0 aliphatic carbocycles. The third-order valence-corrected chi connectivity index (χ3v) is 4.10. The van der Waals surface area contributed by atoms with Gasteiger partial charge in [0.2, 0.25) is 0 Å². The summed E-state index contributed by atoms with van der Waals surface area (Å²) in [5, 5.41) is 7.10. The number of aromatic nitrogens is 2. The fourth-order valence-electron chi connectivity index (χ4n) is 2.22. The predicted molar refractivity (Wildman–Crippen MR) is 94.6 cm³/mol. The highest BCUT2D eigenvalue weighted by molar-refractivity contribution is 9.10. The van der Waals surface area contributed by atoms with Crippen molar-refractivity contribution in [2.75, 3.05) is 5.32 Å². The third-order valence-electron chi connectivity index (χ3n) is 3.52. The van der Waals surface area contributed by atoms with Gasteiger partial charge in [0.1, 0.15) is 5.82 Å². The van der Waals surface area contributed by atoms with E-state index in [1.165, 1.54) is 29.8 Å². The van der Waals surface area contributed by atoms with Gasteiger partial charge in [0.05, 0.1) is 11.0 Å². The van der Waals surface area contributed by atoms with Crippen molar-refractivity contribution in [1.29, 1.82) is 0 Å². The maximum absolute atomic E-state index is 12.9. The van der Waals surface area contributed by atoms with E-state index < -0.39 is 0 Å². The van der Waals surface area contributed by atoms with Crippen molar-refractivity contribution in [3.05, 3.63) is 81.7 Å². The van der Waals surface area contributed by atoms with Crippen LogP contribution in [0.3, 0.4) is 0 Å². The summed E-state index contributed by atoms with van der Waals surface area (Å²) >= 11 is 3.40. The van der Waals surface area contributed by atoms with Crippen LogP contribution in [-0.4, -0.2) is 15.7 Å². The molecule has 0 radical (unpaired) electrons. The molecular formula is C18H15BrFN3O. The Morgan fingerprint density at radius 2 is 1.83 bits per heavy atom. The maximum Gasteiger partial charge on any atom is 0.256 e. The molecule has 0 atom stereocenters. The second kappa shape index (κ2) is 6.97. The zero-order chi connectivity index (χ0) is 17.1. The Morgan fingerprint density at radius 1 is 1.17 bits per heavy atom. The Bertz CT molecular complexity index is 857. The number of aryl methyl sites for hydroxylation is 1. The van der Waals surface area contributed by atoms with Gasteiger partial charge in [-0.05, 0) is 52.7 Å². The third kappa shape index (κ3) is 3.89. The lowest BCUT2D eigenvalue weighted by Crippen LogP contribution is -2.13. The van der Waals surface area contributed by atoms with Crippen molar-refractivity contribution in [3.8, 4) is 0 Å². The minimum Gasteiger partial charge on any atom is -0.304 e. The number of halogens is 2. The number of nitrogens with zero attached hydrogens (tertiary/aromatic N) is 2. The summed E-state index contributed by atoms with van der Waals surface area (Å²) in [4.78, 5) is 12.2. The highest BCUT2D eigenvalue weighted by atomic mass is 79.9. The zero-order valence-electron chi connectivity index (χ0n) is 13.0. The van der Waals surface area contributed by atoms with E-state index in [2.05, 4.69) is 26.3 Å². The van der Waals surface area contributed by atoms with Crippen molar-refractivity contribution in [3.63, 3.8) is 0 Å². The molecule has 4 nitrogen and oxygen atoms in total. The maximum atomic E-state index is 12.9. The van der Waals surface area contributed by atoms with Crippen LogP contribution in [0.25, 0.3) is 0 Å². The molecule has 1 heterocycles. The van der Waals surface area contributed by atoms with Crippen LogP contribution >= 0.6 is 15.9 Å². The van der Waals surface area contributed by atoms with E-state index >= 15 is 0 Å². The molecule has 0 unspecified atom stereocenters. The van der Waals surface area contributed by atoms with Gasteiger partial charge >= 0.3 is 0 Å². The Labute approximate surface area is 147 Å². The van der Waals surface area contributed by atoms with Gasteiger partial charge in [-0.25, -0.2) is 4.39 Å². The van der Waals surface area contributed by atoms with Gasteiger partial charge in [0, 0.05) is 11.8 Å². The Balaban J connectivity index is 1.72. The molecule has 6 heteroatoms. The molecule has 0 fully saturated rings. The summed E-state index contributed by atoms with van der Waals surface area (Å²) in [6.07, 6.45) is 1.81. The summed E-state index contributed by atoms with van der Waals surface area (Å²) in [6, 6.07) is 13.5. The number of rotatable bonds is 4. The molecule has 0 bridgehead atoms. The molecule has 1 N–H and O–H groups in total. The molecule has 1 aromatic heterocycles. The average molecular weight is 388 g/mol. The molecule has 0 aliphatic rings. The number of hydrogen-bond donors (Lipinski definition) is 1. The highest BCUT2D eigenvalue weighted by Gasteiger charge is 2.12. The highest BCUT2D eigenvalue weighted by Crippen LogP contribution is 2.21. The molecule has 122 valence electrons. The van der Waals surface area contributed by atoms with Gasteiger partial charge in [-0.2, -0.15) is 5.10 Å². The van der Waals surface area contributed by atoms with Gasteiger partial charge in [0.25, 0.3) is 5.91 Å².